The van der Waals surface area contributed by atoms with Gasteiger partial charge in [-0.3, -0.25) is 0 Å². The van der Waals surface area contributed by atoms with Gasteiger partial charge in [0.2, 0.25) is 0 Å². The third kappa shape index (κ3) is 4.63. The fourth-order valence-electron chi connectivity index (χ4n) is 1.95. The second kappa shape index (κ2) is 8.04. The monoisotopic (exact) mass is 280 g/mol. The average molecular weight is 280 g/mol. The van der Waals surface area contributed by atoms with Crippen LogP contribution in [-0.4, -0.2) is 34.3 Å². The molecule has 0 saturated carbocycles. The van der Waals surface area contributed by atoms with Gasteiger partial charge in [-0.2, -0.15) is 0 Å². The first-order valence-corrected chi connectivity index (χ1v) is 7.53. The van der Waals surface area contributed by atoms with Crippen molar-refractivity contribution in [2.45, 2.75) is 59.5 Å². The highest BCUT2D eigenvalue weighted by Gasteiger charge is 2.13. The molecule has 0 bridgehead atoms. The van der Waals surface area contributed by atoms with Gasteiger partial charge in [0, 0.05) is 24.6 Å². The molecule has 1 rings (SSSR count). The number of anilines is 2. The van der Waals surface area contributed by atoms with Gasteiger partial charge in [-0.25, -0.2) is 9.97 Å². The van der Waals surface area contributed by atoms with Gasteiger partial charge in [0.1, 0.15) is 17.5 Å². The van der Waals surface area contributed by atoms with E-state index in [9.17, 15) is 5.11 Å². The second-order valence-electron chi connectivity index (χ2n) is 5.41. The third-order valence-corrected chi connectivity index (χ3v) is 3.15. The zero-order valence-electron chi connectivity index (χ0n) is 13.3. The van der Waals surface area contributed by atoms with Crippen LogP contribution in [0.25, 0.3) is 0 Å². The molecule has 0 spiro atoms. The van der Waals surface area contributed by atoms with E-state index >= 15 is 0 Å². The Morgan fingerprint density at radius 1 is 1.10 bits per heavy atom. The van der Waals surface area contributed by atoms with Gasteiger partial charge >= 0.3 is 0 Å². The lowest BCUT2D eigenvalue weighted by Crippen LogP contribution is -2.21. The van der Waals surface area contributed by atoms with Crippen LogP contribution in [0.3, 0.4) is 0 Å². The van der Waals surface area contributed by atoms with Crippen molar-refractivity contribution in [3.63, 3.8) is 0 Å². The van der Waals surface area contributed by atoms with Gasteiger partial charge in [-0.1, -0.05) is 27.2 Å². The summed E-state index contributed by atoms with van der Waals surface area (Å²) < 4.78 is 0. The first-order chi connectivity index (χ1) is 9.49. The molecule has 0 aliphatic rings. The molecule has 0 aromatic carbocycles. The summed E-state index contributed by atoms with van der Waals surface area (Å²) in [4.78, 5) is 9.13. The Morgan fingerprint density at radius 2 is 1.70 bits per heavy atom. The number of nitrogens with one attached hydrogen (secondary N) is 2. The minimum Gasteiger partial charge on any atom is -0.391 e. The molecule has 0 fully saturated rings. The van der Waals surface area contributed by atoms with Gasteiger partial charge in [0.05, 0.1) is 6.10 Å². The van der Waals surface area contributed by atoms with Crippen LogP contribution in [0.1, 0.15) is 57.8 Å². The molecule has 5 nitrogen and oxygen atoms in total. The van der Waals surface area contributed by atoms with Crippen LogP contribution in [0.4, 0.5) is 11.6 Å². The van der Waals surface area contributed by atoms with E-state index in [0.29, 0.717) is 6.54 Å². The predicted molar refractivity (Wildman–Crippen MR) is 84.4 cm³/mol. The molecule has 0 aliphatic carbocycles. The van der Waals surface area contributed by atoms with Gasteiger partial charge < -0.3 is 15.7 Å². The molecular formula is C15H28N4O. The highest BCUT2D eigenvalue weighted by Crippen LogP contribution is 2.23. The van der Waals surface area contributed by atoms with Crippen molar-refractivity contribution in [2.75, 3.05) is 23.7 Å². The third-order valence-electron chi connectivity index (χ3n) is 3.15. The van der Waals surface area contributed by atoms with E-state index in [1.165, 1.54) is 0 Å². The molecule has 1 heterocycles. The lowest BCUT2D eigenvalue weighted by molar-refractivity contribution is 0.176. The minimum absolute atomic E-state index is 0.272. The summed E-state index contributed by atoms with van der Waals surface area (Å²) in [6, 6.07) is 0. The van der Waals surface area contributed by atoms with Crippen LogP contribution < -0.4 is 10.6 Å². The lowest BCUT2D eigenvalue weighted by atomic mass is 10.2. The standard InChI is InChI=1S/C15H28N4O/c1-6-8-12(20)9-17-15-11(5)14(16-7-2)18-13(19-15)10(3)4/h10,12,20H,6-9H2,1-5H3,(H2,16,17,18,19). The number of aliphatic hydroxyl groups excluding tert-OH is 1. The zero-order valence-corrected chi connectivity index (χ0v) is 13.3. The Balaban J connectivity index is 2.92. The van der Waals surface area contributed by atoms with Crippen LogP contribution in [0.2, 0.25) is 0 Å². The van der Waals surface area contributed by atoms with E-state index in [1.54, 1.807) is 0 Å². The van der Waals surface area contributed by atoms with E-state index in [0.717, 1.165) is 42.4 Å². The molecule has 1 unspecified atom stereocenters. The minimum atomic E-state index is -0.334. The number of nitrogens with zero attached hydrogens (tertiary/aromatic N) is 2. The van der Waals surface area contributed by atoms with Crippen molar-refractivity contribution in [1.29, 1.82) is 0 Å². The quantitative estimate of drug-likeness (QED) is 0.683. The summed E-state index contributed by atoms with van der Waals surface area (Å²) >= 11 is 0. The first kappa shape index (κ1) is 16.7. The molecule has 3 N–H and O–H groups in total. The fraction of sp³-hybridized carbons (Fsp3) is 0.733. The van der Waals surface area contributed by atoms with Crippen molar-refractivity contribution in [2.24, 2.45) is 0 Å². The Hall–Kier alpha value is -1.36. The molecule has 1 aromatic rings. The zero-order chi connectivity index (χ0) is 15.1. The van der Waals surface area contributed by atoms with Crippen LogP contribution in [-0.2, 0) is 0 Å². The molecule has 0 radical (unpaired) electrons. The van der Waals surface area contributed by atoms with Crippen molar-refractivity contribution in [3.05, 3.63) is 11.4 Å². The number of rotatable bonds is 8. The molecule has 1 aromatic heterocycles. The van der Waals surface area contributed by atoms with E-state index in [-0.39, 0.29) is 12.0 Å². The van der Waals surface area contributed by atoms with Crippen molar-refractivity contribution in [1.82, 2.24) is 9.97 Å². The summed E-state index contributed by atoms with van der Waals surface area (Å²) in [5.74, 6) is 2.78. The smallest absolute Gasteiger partial charge is 0.135 e. The summed E-state index contributed by atoms with van der Waals surface area (Å²) in [6.45, 7) is 11.6. The Labute approximate surface area is 122 Å². The van der Waals surface area contributed by atoms with Gasteiger partial charge in [-0.05, 0) is 20.3 Å². The topological polar surface area (TPSA) is 70.1 Å². The Morgan fingerprint density at radius 3 is 2.20 bits per heavy atom. The second-order valence-corrected chi connectivity index (χ2v) is 5.41. The van der Waals surface area contributed by atoms with Gasteiger partial charge in [0.25, 0.3) is 0 Å². The fourth-order valence-corrected chi connectivity index (χ4v) is 1.95. The Bertz CT molecular complexity index is 421. The predicted octanol–water partition coefficient (Wildman–Crippen LogP) is 2.91. The van der Waals surface area contributed by atoms with Crippen molar-refractivity contribution < 1.29 is 5.11 Å². The highest BCUT2D eigenvalue weighted by molar-refractivity contribution is 5.57. The molecule has 0 amide bonds. The van der Waals surface area contributed by atoms with Gasteiger partial charge in [-0.15, -0.1) is 0 Å². The summed E-state index contributed by atoms with van der Waals surface area (Å²) in [6.07, 6.45) is 1.44. The summed E-state index contributed by atoms with van der Waals surface area (Å²) in [5, 5.41) is 16.4. The number of hydrogen-bond donors (Lipinski definition) is 3. The molecule has 0 aliphatic heterocycles. The maximum absolute atomic E-state index is 9.83. The van der Waals surface area contributed by atoms with E-state index in [1.807, 2.05) is 6.92 Å². The Kier molecular flexibility index (Phi) is 6.71. The van der Waals surface area contributed by atoms with Crippen LogP contribution in [0.5, 0.6) is 0 Å². The van der Waals surface area contributed by atoms with E-state index in [4.69, 9.17) is 0 Å². The molecule has 114 valence electrons. The number of aromatic nitrogens is 2. The number of hydrogen-bond acceptors (Lipinski definition) is 5. The summed E-state index contributed by atoms with van der Waals surface area (Å²) in [5.41, 5.74) is 1.000. The van der Waals surface area contributed by atoms with Crippen LogP contribution in [0, 0.1) is 6.92 Å². The first-order valence-electron chi connectivity index (χ1n) is 7.53. The van der Waals surface area contributed by atoms with Crippen molar-refractivity contribution >= 4 is 11.6 Å². The summed E-state index contributed by atoms with van der Waals surface area (Å²) in [7, 11) is 0. The molecule has 20 heavy (non-hydrogen) atoms. The lowest BCUT2D eigenvalue weighted by Gasteiger charge is -2.17. The SMILES string of the molecule is CCCC(O)CNc1nc(C(C)C)nc(NCC)c1C. The van der Waals surface area contributed by atoms with Crippen LogP contribution in [0.15, 0.2) is 0 Å². The van der Waals surface area contributed by atoms with E-state index < -0.39 is 0 Å². The van der Waals surface area contributed by atoms with Crippen LogP contribution >= 0.6 is 0 Å². The molecule has 0 saturated heterocycles. The normalized spacial score (nSPS) is 12.6. The maximum atomic E-state index is 9.83. The maximum Gasteiger partial charge on any atom is 0.135 e. The molecule has 5 heteroatoms. The molecule has 1 atom stereocenters. The molecular weight excluding hydrogens is 252 g/mol. The average Bonchev–Trinajstić information content (AvgIpc) is 2.40. The largest absolute Gasteiger partial charge is 0.391 e. The number of aliphatic hydroxyl groups is 1. The highest BCUT2D eigenvalue weighted by atomic mass is 16.3. The van der Waals surface area contributed by atoms with Crippen molar-refractivity contribution in [3.8, 4) is 0 Å². The van der Waals surface area contributed by atoms with Gasteiger partial charge in [0.15, 0.2) is 0 Å². The van der Waals surface area contributed by atoms with E-state index in [2.05, 4.69) is 48.3 Å².